The lowest BCUT2D eigenvalue weighted by molar-refractivity contribution is 0.0946. The molecule has 26 heavy (non-hydrogen) atoms. The summed E-state index contributed by atoms with van der Waals surface area (Å²) in [4.78, 5) is 20.4. The number of aromatic nitrogens is 2. The molecule has 0 unspecified atom stereocenters. The lowest BCUT2D eigenvalue weighted by Gasteiger charge is -2.10. The highest BCUT2D eigenvalue weighted by molar-refractivity contribution is 5.92. The summed E-state index contributed by atoms with van der Waals surface area (Å²) in [6, 6.07) is 15.6. The molecule has 0 saturated heterocycles. The van der Waals surface area contributed by atoms with Crippen LogP contribution in [0.5, 0.6) is 0 Å². The van der Waals surface area contributed by atoms with Crippen molar-refractivity contribution in [3.8, 4) is 0 Å². The fourth-order valence-electron chi connectivity index (χ4n) is 2.49. The van der Waals surface area contributed by atoms with Gasteiger partial charge in [-0.15, -0.1) is 0 Å². The Labute approximate surface area is 153 Å². The van der Waals surface area contributed by atoms with E-state index in [-0.39, 0.29) is 5.91 Å². The molecule has 2 N–H and O–H groups in total. The molecule has 1 aromatic carbocycles. The van der Waals surface area contributed by atoms with Gasteiger partial charge in [0.2, 0.25) is 0 Å². The Balaban J connectivity index is 1.58. The molecule has 0 saturated carbocycles. The first-order valence-electron chi connectivity index (χ1n) is 8.62. The van der Waals surface area contributed by atoms with Gasteiger partial charge in [0.05, 0.1) is 11.9 Å². The van der Waals surface area contributed by atoms with Crippen LogP contribution in [-0.2, 0) is 6.54 Å². The maximum absolute atomic E-state index is 12.2. The zero-order valence-corrected chi connectivity index (χ0v) is 14.9. The van der Waals surface area contributed by atoms with Gasteiger partial charge in [0, 0.05) is 24.6 Å². The van der Waals surface area contributed by atoms with Crippen LogP contribution >= 0.6 is 0 Å². The predicted molar refractivity (Wildman–Crippen MR) is 103 cm³/mol. The van der Waals surface area contributed by atoms with E-state index in [0.29, 0.717) is 18.2 Å². The summed E-state index contributed by atoms with van der Waals surface area (Å²) in [7, 11) is 0. The molecule has 132 valence electrons. The highest BCUT2D eigenvalue weighted by Gasteiger charge is 2.07. The molecule has 0 spiro atoms. The van der Waals surface area contributed by atoms with Crippen molar-refractivity contribution in [2.45, 2.75) is 26.3 Å². The summed E-state index contributed by atoms with van der Waals surface area (Å²) in [5.41, 5.74) is 4.52. The molecule has 2 heterocycles. The lowest BCUT2D eigenvalue weighted by Crippen LogP contribution is -2.23. The summed E-state index contributed by atoms with van der Waals surface area (Å²) >= 11 is 0. The largest absolute Gasteiger partial charge is 0.354 e. The molecule has 0 aliphatic carbocycles. The summed E-state index contributed by atoms with van der Waals surface area (Å²) in [5.74, 6) is 0.310. The van der Waals surface area contributed by atoms with Crippen molar-refractivity contribution in [1.29, 1.82) is 0 Å². The zero-order valence-electron chi connectivity index (χ0n) is 14.9. The maximum atomic E-state index is 12.2. The van der Waals surface area contributed by atoms with Crippen molar-refractivity contribution >= 4 is 17.3 Å². The van der Waals surface area contributed by atoms with Crippen molar-refractivity contribution < 1.29 is 4.79 Å². The van der Waals surface area contributed by atoms with Crippen LogP contribution < -0.4 is 10.6 Å². The molecule has 0 atom stereocenters. The Morgan fingerprint density at radius 1 is 0.962 bits per heavy atom. The second-order valence-electron chi connectivity index (χ2n) is 6.37. The Kier molecular flexibility index (Phi) is 5.59. The van der Waals surface area contributed by atoms with Gasteiger partial charge in [-0.3, -0.25) is 9.78 Å². The number of rotatable bonds is 6. The molecule has 3 rings (SSSR count). The van der Waals surface area contributed by atoms with E-state index in [1.807, 2.05) is 30.3 Å². The van der Waals surface area contributed by atoms with Gasteiger partial charge in [0.15, 0.2) is 0 Å². The molecule has 0 bridgehead atoms. The predicted octanol–water partition coefficient (Wildman–Crippen LogP) is 4.27. The number of nitrogens with one attached hydrogen (secondary N) is 2. The van der Waals surface area contributed by atoms with Crippen LogP contribution in [0, 0.1) is 0 Å². The molecule has 0 aliphatic rings. The summed E-state index contributed by atoms with van der Waals surface area (Å²) in [5, 5.41) is 6.14. The quantitative estimate of drug-likeness (QED) is 0.699. The second kappa shape index (κ2) is 8.25. The van der Waals surface area contributed by atoms with E-state index in [1.54, 1.807) is 24.7 Å². The lowest BCUT2D eigenvalue weighted by atomic mass is 10.0. The SMILES string of the molecule is CC(C)c1ccc(Nc2ccc(C(=O)NCc3ccncc3)nc2)cc1. The Morgan fingerprint density at radius 3 is 2.27 bits per heavy atom. The van der Waals surface area contributed by atoms with Gasteiger partial charge in [-0.25, -0.2) is 4.98 Å². The zero-order chi connectivity index (χ0) is 18.4. The summed E-state index contributed by atoms with van der Waals surface area (Å²) in [6.07, 6.45) is 5.07. The number of hydrogen-bond acceptors (Lipinski definition) is 4. The van der Waals surface area contributed by atoms with Crippen LogP contribution in [0.2, 0.25) is 0 Å². The van der Waals surface area contributed by atoms with E-state index in [4.69, 9.17) is 0 Å². The minimum atomic E-state index is -0.199. The standard InChI is InChI=1S/C21H22N4O/c1-15(2)17-3-5-18(6-4-17)25-19-7-8-20(23-14-19)21(26)24-13-16-9-11-22-12-10-16/h3-12,14-15,25H,13H2,1-2H3,(H,24,26). The molecular formula is C21H22N4O. The van der Waals surface area contributed by atoms with Gasteiger partial charge >= 0.3 is 0 Å². The molecule has 2 aromatic heterocycles. The average molecular weight is 346 g/mol. The van der Waals surface area contributed by atoms with E-state index in [2.05, 4.69) is 46.6 Å². The van der Waals surface area contributed by atoms with Crippen LogP contribution in [0.15, 0.2) is 67.1 Å². The number of benzene rings is 1. The topological polar surface area (TPSA) is 66.9 Å². The number of hydrogen-bond donors (Lipinski definition) is 2. The van der Waals surface area contributed by atoms with Crippen molar-refractivity contribution in [2.75, 3.05) is 5.32 Å². The van der Waals surface area contributed by atoms with Crippen molar-refractivity contribution in [1.82, 2.24) is 15.3 Å². The highest BCUT2D eigenvalue weighted by atomic mass is 16.1. The van der Waals surface area contributed by atoms with Crippen molar-refractivity contribution in [3.05, 3.63) is 83.9 Å². The van der Waals surface area contributed by atoms with Crippen LogP contribution in [-0.4, -0.2) is 15.9 Å². The van der Waals surface area contributed by atoms with Gasteiger partial charge in [-0.2, -0.15) is 0 Å². The summed E-state index contributed by atoms with van der Waals surface area (Å²) < 4.78 is 0. The van der Waals surface area contributed by atoms with Gasteiger partial charge in [-0.05, 0) is 53.4 Å². The molecule has 0 aliphatic heterocycles. The van der Waals surface area contributed by atoms with Crippen LogP contribution in [0.3, 0.4) is 0 Å². The van der Waals surface area contributed by atoms with E-state index >= 15 is 0 Å². The minimum absolute atomic E-state index is 0.199. The van der Waals surface area contributed by atoms with Gasteiger partial charge in [0.25, 0.3) is 5.91 Å². The molecule has 5 nitrogen and oxygen atoms in total. The highest BCUT2D eigenvalue weighted by Crippen LogP contribution is 2.20. The number of amides is 1. The van der Waals surface area contributed by atoms with E-state index < -0.39 is 0 Å². The first-order valence-corrected chi connectivity index (χ1v) is 8.62. The van der Waals surface area contributed by atoms with Gasteiger partial charge in [0.1, 0.15) is 5.69 Å². The van der Waals surface area contributed by atoms with E-state index in [0.717, 1.165) is 16.9 Å². The fraction of sp³-hybridized carbons (Fsp3) is 0.190. The number of nitrogens with zero attached hydrogens (tertiary/aromatic N) is 2. The van der Waals surface area contributed by atoms with Crippen LogP contribution in [0.1, 0.15) is 41.4 Å². The third kappa shape index (κ3) is 4.66. The Morgan fingerprint density at radius 2 is 1.65 bits per heavy atom. The normalized spacial score (nSPS) is 10.6. The van der Waals surface area contributed by atoms with Crippen molar-refractivity contribution in [2.24, 2.45) is 0 Å². The van der Waals surface area contributed by atoms with Gasteiger partial charge in [-0.1, -0.05) is 26.0 Å². The molecule has 1 amide bonds. The van der Waals surface area contributed by atoms with Crippen LogP contribution in [0.4, 0.5) is 11.4 Å². The molecule has 0 radical (unpaired) electrons. The van der Waals surface area contributed by atoms with Gasteiger partial charge < -0.3 is 10.6 Å². The smallest absolute Gasteiger partial charge is 0.270 e. The molecule has 5 heteroatoms. The number of carbonyl (C=O) groups is 1. The molecule has 3 aromatic rings. The number of anilines is 2. The molecular weight excluding hydrogens is 324 g/mol. The second-order valence-corrected chi connectivity index (χ2v) is 6.37. The maximum Gasteiger partial charge on any atom is 0.270 e. The monoisotopic (exact) mass is 346 g/mol. The summed E-state index contributed by atoms with van der Waals surface area (Å²) in [6.45, 7) is 4.79. The average Bonchev–Trinajstić information content (AvgIpc) is 2.68. The fourth-order valence-corrected chi connectivity index (χ4v) is 2.49. The minimum Gasteiger partial charge on any atom is -0.354 e. The Hall–Kier alpha value is -3.21. The third-order valence-electron chi connectivity index (χ3n) is 4.06. The number of pyridine rings is 2. The van der Waals surface area contributed by atoms with Crippen LogP contribution in [0.25, 0.3) is 0 Å². The third-order valence-corrected chi connectivity index (χ3v) is 4.06. The Bertz CT molecular complexity index is 843. The first-order chi connectivity index (χ1) is 12.6. The van der Waals surface area contributed by atoms with E-state index in [1.165, 1.54) is 5.56 Å². The van der Waals surface area contributed by atoms with Crippen molar-refractivity contribution in [3.63, 3.8) is 0 Å². The molecule has 0 fully saturated rings. The van der Waals surface area contributed by atoms with E-state index in [9.17, 15) is 4.79 Å². The first kappa shape index (κ1) is 17.6. The number of carbonyl (C=O) groups excluding carboxylic acids is 1.